The van der Waals surface area contributed by atoms with E-state index >= 15 is 0 Å². The molecule has 0 bridgehead atoms. The van der Waals surface area contributed by atoms with Gasteiger partial charge in [0.2, 0.25) is 5.91 Å². The van der Waals surface area contributed by atoms with E-state index in [2.05, 4.69) is 10.2 Å². The SMILES string of the molecule is CC(=O)N1CCc2[nH]nc(N3CCOc4ccc(F)cc43)c2C1. The quantitative estimate of drug-likeness (QED) is 0.874. The van der Waals surface area contributed by atoms with Gasteiger partial charge >= 0.3 is 0 Å². The molecular formula is C16H17FN4O2. The van der Waals surface area contributed by atoms with E-state index in [0.29, 0.717) is 37.7 Å². The fraction of sp³-hybridized carbons (Fsp3) is 0.375. The first-order valence-electron chi connectivity index (χ1n) is 7.65. The molecule has 7 heteroatoms. The zero-order valence-corrected chi connectivity index (χ0v) is 12.8. The van der Waals surface area contributed by atoms with E-state index in [1.807, 2.05) is 4.90 Å². The van der Waals surface area contributed by atoms with Gasteiger partial charge in [0.1, 0.15) is 18.2 Å². The minimum atomic E-state index is -0.311. The lowest BCUT2D eigenvalue weighted by molar-refractivity contribution is -0.129. The summed E-state index contributed by atoms with van der Waals surface area (Å²) in [7, 11) is 0. The van der Waals surface area contributed by atoms with Crippen molar-refractivity contribution in [2.75, 3.05) is 24.6 Å². The molecule has 2 aromatic rings. The van der Waals surface area contributed by atoms with Crippen LogP contribution < -0.4 is 9.64 Å². The van der Waals surface area contributed by atoms with Crippen LogP contribution in [-0.2, 0) is 17.8 Å². The molecule has 0 saturated carbocycles. The minimum absolute atomic E-state index is 0.0521. The average Bonchev–Trinajstić information content (AvgIpc) is 2.97. The van der Waals surface area contributed by atoms with Gasteiger partial charge in [-0.1, -0.05) is 0 Å². The van der Waals surface area contributed by atoms with Gasteiger partial charge in [0.05, 0.1) is 18.8 Å². The molecule has 1 aromatic carbocycles. The molecule has 120 valence electrons. The topological polar surface area (TPSA) is 61.5 Å². The molecule has 2 aliphatic heterocycles. The molecular weight excluding hydrogens is 299 g/mol. The summed E-state index contributed by atoms with van der Waals surface area (Å²) >= 11 is 0. The predicted molar refractivity (Wildman–Crippen MR) is 82.3 cm³/mol. The lowest BCUT2D eigenvalue weighted by atomic mass is 10.1. The first-order chi connectivity index (χ1) is 11.1. The summed E-state index contributed by atoms with van der Waals surface area (Å²) in [5, 5.41) is 7.49. The van der Waals surface area contributed by atoms with Crippen LogP contribution in [0.5, 0.6) is 5.75 Å². The van der Waals surface area contributed by atoms with Gasteiger partial charge in [0, 0.05) is 37.2 Å². The van der Waals surface area contributed by atoms with E-state index in [-0.39, 0.29) is 11.7 Å². The summed E-state index contributed by atoms with van der Waals surface area (Å²) in [6.07, 6.45) is 0.752. The van der Waals surface area contributed by atoms with Gasteiger partial charge in [0.15, 0.2) is 5.82 Å². The number of halogens is 1. The molecule has 0 spiro atoms. The molecule has 1 amide bonds. The van der Waals surface area contributed by atoms with Crippen LogP contribution in [0.2, 0.25) is 0 Å². The number of hydrogen-bond acceptors (Lipinski definition) is 4. The van der Waals surface area contributed by atoms with E-state index in [1.54, 1.807) is 17.9 Å². The van der Waals surface area contributed by atoms with Gasteiger partial charge in [-0.15, -0.1) is 0 Å². The summed E-state index contributed by atoms with van der Waals surface area (Å²) < 4.78 is 19.3. The maximum Gasteiger partial charge on any atom is 0.219 e. The molecule has 0 atom stereocenters. The Bertz CT molecular complexity index is 773. The van der Waals surface area contributed by atoms with Gasteiger partial charge in [0.25, 0.3) is 0 Å². The molecule has 23 heavy (non-hydrogen) atoms. The Morgan fingerprint density at radius 3 is 3.09 bits per heavy atom. The van der Waals surface area contributed by atoms with E-state index in [4.69, 9.17) is 4.74 Å². The van der Waals surface area contributed by atoms with Crippen LogP contribution in [0.1, 0.15) is 18.2 Å². The Morgan fingerprint density at radius 1 is 1.39 bits per heavy atom. The molecule has 0 unspecified atom stereocenters. The summed E-state index contributed by atoms with van der Waals surface area (Å²) in [4.78, 5) is 15.4. The monoisotopic (exact) mass is 316 g/mol. The van der Waals surface area contributed by atoms with Crippen LogP contribution in [0.4, 0.5) is 15.9 Å². The Balaban J connectivity index is 1.75. The van der Waals surface area contributed by atoms with Crippen LogP contribution in [0.25, 0.3) is 0 Å². The third-order valence-electron chi connectivity index (χ3n) is 4.40. The largest absolute Gasteiger partial charge is 0.490 e. The van der Waals surface area contributed by atoms with E-state index in [1.165, 1.54) is 12.1 Å². The zero-order chi connectivity index (χ0) is 16.0. The Morgan fingerprint density at radius 2 is 2.26 bits per heavy atom. The lowest BCUT2D eigenvalue weighted by Crippen LogP contribution is -2.35. The fourth-order valence-electron chi connectivity index (χ4n) is 3.18. The van der Waals surface area contributed by atoms with Crippen LogP contribution in [0.15, 0.2) is 18.2 Å². The number of nitrogens with one attached hydrogen (secondary N) is 1. The van der Waals surface area contributed by atoms with Crippen LogP contribution in [-0.4, -0.2) is 40.7 Å². The van der Waals surface area contributed by atoms with Gasteiger partial charge < -0.3 is 14.5 Å². The van der Waals surface area contributed by atoms with Crippen molar-refractivity contribution in [1.82, 2.24) is 15.1 Å². The fourth-order valence-corrected chi connectivity index (χ4v) is 3.18. The molecule has 0 aliphatic carbocycles. The number of amides is 1. The number of fused-ring (bicyclic) bond motifs is 2. The number of rotatable bonds is 1. The second-order valence-corrected chi connectivity index (χ2v) is 5.81. The molecule has 0 fully saturated rings. The number of nitrogens with zero attached hydrogens (tertiary/aromatic N) is 3. The molecule has 4 rings (SSSR count). The smallest absolute Gasteiger partial charge is 0.219 e. The van der Waals surface area contributed by atoms with E-state index in [9.17, 15) is 9.18 Å². The number of carbonyl (C=O) groups excluding carboxylic acids is 1. The number of aromatic nitrogens is 2. The Kier molecular flexibility index (Phi) is 3.21. The predicted octanol–water partition coefficient (Wildman–Crippen LogP) is 1.98. The normalized spacial score (nSPS) is 16.6. The van der Waals surface area contributed by atoms with Crippen LogP contribution >= 0.6 is 0 Å². The van der Waals surface area contributed by atoms with Gasteiger partial charge in [-0.25, -0.2) is 4.39 Å². The minimum Gasteiger partial charge on any atom is -0.490 e. The summed E-state index contributed by atoms with van der Waals surface area (Å²) in [6.45, 7) is 3.89. The Hall–Kier alpha value is -2.57. The molecule has 0 radical (unpaired) electrons. The standard InChI is InChI=1S/C16H17FN4O2/c1-10(22)20-5-4-13-12(9-20)16(19-18-13)21-6-7-23-15-3-2-11(17)8-14(15)21/h2-3,8H,4-7,9H2,1H3,(H,18,19). The van der Waals surface area contributed by atoms with Crippen molar-refractivity contribution in [3.8, 4) is 5.75 Å². The maximum atomic E-state index is 13.7. The van der Waals surface area contributed by atoms with Crippen LogP contribution in [0.3, 0.4) is 0 Å². The molecule has 1 aromatic heterocycles. The molecule has 2 aliphatic rings. The number of carbonyl (C=O) groups is 1. The van der Waals surface area contributed by atoms with Crippen molar-refractivity contribution in [3.05, 3.63) is 35.3 Å². The lowest BCUT2D eigenvalue weighted by Gasteiger charge is -2.32. The highest BCUT2D eigenvalue weighted by molar-refractivity contribution is 5.75. The van der Waals surface area contributed by atoms with Crippen molar-refractivity contribution >= 4 is 17.4 Å². The number of H-pyrrole nitrogens is 1. The number of aromatic amines is 1. The summed E-state index contributed by atoms with van der Waals surface area (Å²) in [5.41, 5.74) is 2.72. The molecule has 0 saturated heterocycles. The second-order valence-electron chi connectivity index (χ2n) is 5.81. The van der Waals surface area contributed by atoms with Gasteiger partial charge in [-0.3, -0.25) is 9.89 Å². The highest BCUT2D eigenvalue weighted by atomic mass is 19.1. The molecule has 3 heterocycles. The zero-order valence-electron chi connectivity index (χ0n) is 12.8. The van der Waals surface area contributed by atoms with Crippen molar-refractivity contribution in [3.63, 3.8) is 0 Å². The Labute approximate surface area is 132 Å². The van der Waals surface area contributed by atoms with Gasteiger partial charge in [-0.2, -0.15) is 5.10 Å². The second kappa shape index (κ2) is 5.26. The number of benzene rings is 1. The highest BCUT2D eigenvalue weighted by Crippen LogP contribution is 2.39. The highest BCUT2D eigenvalue weighted by Gasteiger charge is 2.29. The maximum absolute atomic E-state index is 13.7. The molecule has 1 N–H and O–H groups in total. The third-order valence-corrected chi connectivity index (χ3v) is 4.40. The summed E-state index contributed by atoms with van der Waals surface area (Å²) in [5.74, 6) is 1.14. The third kappa shape index (κ3) is 2.32. The van der Waals surface area contributed by atoms with E-state index < -0.39 is 0 Å². The van der Waals surface area contributed by atoms with Gasteiger partial charge in [-0.05, 0) is 12.1 Å². The first kappa shape index (κ1) is 14.0. The number of hydrogen-bond donors (Lipinski definition) is 1. The summed E-state index contributed by atoms with van der Waals surface area (Å²) in [6, 6.07) is 4.48. The van der Waals surface area contributed by atoms with Crippen molar-refractivity contribution < 1.29 is 13.9 Å². The van der Waals surface area contributed by atoms with Crippen molar-refractivity contribution in [2.45, 2.75) is 19.9 Å². The molecule has 6 nitrogen and oxygen atoms in total. The van der Waals surface area contributed by atoms with Crippen molar-refractivity contribution in [1.29, 1.82) is 0 Å². The number of ether oxygens (including phenoxy) is 1. The van der Waals surface area contributed by atoms with Crippen molar-refractivity contribution in [2.24, 2.45) is 0 Å². The van der Waals surface area contributed by atoms with E-state index in [0.717, 1.165) is 23.5 Å². The first-order valence-corrected chi connectivity index (χ1v) is 7.65. The number of anilines is 2. The average molecular weight is 316 g/mol. The van der Waals surface area contributed by atoms with Crippen LogP contribution in [0, 0.1) is 5.82 Å².